The third-order valence-corrected chi connectivity index (χ3v) is 4.69. The Morgan fingerprint density at radius 1 is 1.22 bits per heavy atom. The molecule has 0 atom stereocenters. The van der Waals surface area contributed by atoms with E-state index in [0.717, 1.165) is 42.3 Å². The molecule has 8 heteroatoms. The number of aromatic nitrogens is 4. The first-order chi connectivity index (χ1) is 13.0. The summed E-state index contributed by atoms with van der Waals surface area (Å²) in [5, 5.41) is 7.31. The van der Waals surface area contributed by atoms with Gasteiger partial charge < -0.3 is 5.32 Å². The lowest BCUT2D eigenvalue weighted by atomic mass is 10.2. The van der Waals surface area contributed by atoms with Crippen molar-refractivity contribution >= 4 is 11.6 Å². The Hall–Kier alpha value is -3.00. The van der Waals surface area contributed by atoms with Crippen LogP contribution in [-0.2, 0) is 31.0 Å². The average molecular weight is 366 g/mol. The fourth-order valence-corrected chi connectivity index (χ4v) is 3.38. The summed E-state index contributed by atoms with van der Waals surface area (Å²) in [6.07, 6.45) is 1.81. The Kier molecular flexibility index (Phi) is 4.49. The number of hydrogen-bond donors (Lipinski definition) is 1. The van der Waals surface area contributed by atoms with Crippen molar-refractivity contribution in [3.8, 4) is 0 Å². The highest BCUT2D eigenvalue weighted by Gasteiger charge is 2.19. The minimum Gasteiger partial charge on any atom is -0.351 e. The second-order valence-corrected chi connectivity index (χ2v) is 6.99. The topological polar surface area (TPSA) is 84.5 Å². The van der Waals surface area contributed by atoms with Gasteiger partial charge in [0.05, 0.1) is 30.2 Å². The number of hydrogen-bond acceptors (Lipinski definition) is 5. The molecule has 4 heterocycles. The van der Waals surface area contributed by atoms with E-state index in [0.29, 0.717) is 18.7 Å². The Labute approximate surface area is 156 Å². The molecule has 140 valence electrons. The predicted molar refractivity (Wildman–Crippen MR) is 100 cm³/mol. The van der Waals surface area contributed by atoms with Crippen LogP contribution in [0, 0.1) is 6.92 Å². The zero-order valence-electron chi connectivity index (χ0n) is 15.5. The lowest BCUT2D eigenvalue weighted by Gasteiger charge is -2.27. The second-order valence-electron chi connectivity index (χ2n) is 6.99. The summed E-state index contributed by atoms with van der Waals surface area (Å²) in [5.41, 5.74) is 4.38. The van der Waals surface area contributed by atoms with Crippen LogP contribution < -0.4 is 10.9 Å². The van der Waals surface area contributed by atoms with E-state index < -0.39 is 0 Å². The van der Waals surface area contributed by atoms with E-state index in [2.05, 4.69) is 20.3 Å². The van der Waals surface area contributed by atoms with Crippen molar-refractivity contribution in [1.82, 2.24) is 29.4 Å². The molecular formula is C19H22N6O2. The minimum absolute atomic E-state index is 0.0571. The number of fused-ring (bicyclic) bond motifs is 2. The molecule has 4 rings (SSSR count). The van der Waals surface area contributed by atoms with E-state index in [-0.39, 0.29) is 11.5 Å². The molecule has 1 amide bonds. The van der Waals surface area contributed by atoms with Crippen molar-refractivity contribution in [2.24, 2.45) is 0 Å². The van der Waals surface area contributed by atoms with Crippen molar-refractivity contribution in [2.75, 3.05) is 6.54 Å². The zero-order chi connectivity index (χ0) is 19.0. The molecule has 1 N–H and O–H groups in total. The van der Waals surface area contributed by atoms with Crippen molar-refractivity contribution in [3.63, 3.8) is 0 Å². The van der Waals surface area contributed by atoms with Gasteiger partial charge in [0, 0.05) is 38.8 Å². The molecule has 0 fully saturated rings. The van der Waals surface area contributed by atoms with Crippen LogP contribution >= 0.6 is 0 Å². The smallest absolute Gasteiger partial charge is 0.258 e. The number of amides is 1. The molecule has 0 aliphatic carbocycles. The van der Waals surface area contributed by atoms with E-state index in [1.807, 2.05) is 36.0 Å². The summed E-state index contributed by atoms with van der Waals surface area (Å²) in [6, 6.07) is 7.47. The third-order valence-electron chi connectivity index (χ3n) is 4.69. The lowest BCUT2D eigenvalue weighted by molar-refractivity contribution is -0.119. The largest absolute Gasteiger partial charge is 0.351 e. The van der Waals surface area contributed by atoms with Crippen LogP contribution in [-0.4, -0.2) is 36.5 Å². The molecule has 0 saturated carbocycles. The molecule has 3 aromatic heterocycles. The van der Waals surface area contributed by atoms with E-state index >= 15 is 0 Å². The number of nitrogens with one attached hydrogen (secondary N) is 1. The molecule has 3 aromatic rings. The van der Waals surface area contributed by atoms with E-state index in [9.17, 15) is 9.59 Å². The van der Waals surface area contributed by atoms with Crippen molar-refractivity contribution in [1.29, 1.82) is 0 Å². The predicted octanol–water partition coefficient (Wildman–Crippen LogP) is 0.851. The highest BCUT2D eigenvalue weighted by molar-refractivity contribution is 5.72. The summed E-state index contributed by atoms with van der Waals surface area (Å²) < 4.78 is 3.57. The molecule has 0 saturated heterocycles. The molecule has 0 radical (unpaired) electrons. The van der Waals surface area contributed by atoms with Crippen LogP contribution in [0.25, 0.3) is 5.65 Å². The second kappa shape index (κ2) is 6.96. The van der Waals surface area contributed by atoms with Crippen LogP contribution in [0.2, 0.25) is 0 Å². The molecule has 27 heavy (non-hydrogen) atoms. The molecule has 1 aliphatic heterocycles. The summed E-state index contributed by atoms with van der Waals surface area (Å²) in [6.45, 7) is 6.87. The van der Waals surface area contributed by atoms with Gasteiger partial charge in [0.25, 0.3) is 5.56 Å². The van der Waals surface area contributed by atoms with Gasteiger partial charge in [0.1, 0.15) is 5.65 Å². The van der Waals surface area contributed by atoms with Gasteiger partial charge in [-0.05, 0) is 24.6 Å². The summed E-state index contributed by atoms with van der Waals surface area (Å²) in [7, 11) is 0. The highest BCUT2D eigenvalue weighted by atomic mass is 16.1. The molecule has 1 aliphatic rings. The van der Waals surface area contributed by atoms with Crippen LogP contribution in [0.4, 0.5) is 0 Å². The summed E-state index contributed by atoms with van der Waals surface area (Å²) in [4.78, 5) is 30.3. The van der Waals surface area contributed by atoms with Gasteiger partial charge in [0.15, 0.2) is 0 Å². The Bertz CT molecular complexity index is 1070. The number of nitrogens with zero attached hydrogens (tertiary/aromatic N) is 5. The molecule has 0 aromatic carbocycles. The first-order valence-electron chi connectivity index (χ1n) is 8.99. The standard InChI is InChI=1S/C19H22N6O2/c1-13-3-4-18-21-16(8-19(27)24(18)10-13)11-23-5-6-25-17(12-23)7-15(22-25)9-20-14(2)26/h3-4,7-8,10H,5-6,9,11-12H2,1-2H3,(H,20,26). The van der Waals surface area contributed by atoms with Crippen molar-refractivity contribution < 1.29 is 4.79 Å². The number of aryl methyl sites for hydroxylation is 1. The van der Waals surface area contributed by atoms with E-state index in [4.69, 9.17) is 0 Å². The van der Waals surface area contributed by atoms with E-state index in [1.165, 1.54) is 6.92 Å². The van der Waals surface area contributed by atoms with Crippen LogP contribution in [0.15, 0.2) is 35.3 Å². The number of carbonyl (C=O) groups is 1. The number of carbonyl (C=O) groups excluding carboxylic acids is 1. The number of rotatable bonds is 4. The normalized spacial score (nSPS) is 14.3. The van der Waals surface area contributed by atoms with Gasteiger partial charge in [-0.25, -0.2) is 4.98 Å². The van der Waals surface area contributed by atoms with Crippen molar-refractivity contribution in [2.45, 2.75) is 40.0 Å². The quantitative estimate of drug-likeness (QED) is 0.740. The molecular weight excluding hydrogens is 344 g/mol. The Balaban J connectivity index is 1.50. The fourth-order valence-electron chi connectivity index (χ4n) is 3.38. The Morgan fingerprint density at radius 3 is 2.89 bits per heavy atom. The van der Waals surface area contributed by atoms with Crippen LogP contribution in [0.5, 0.6) is 0 Å². The van der Waals surface area contributed by atoms with E-state index in [1.54, 1.807) is 10.5 Å². The van der Waals surface area contributed by atoms with Gasteiger partial charge in [-0.15, -0.1) is 0 Å². The van der Waals surface area contributed by atoms with Gasteiger partial charge >= 0.3 is 0 Å². The average Bonchev–Trinajstić information content (AvgIpc) is 3.03. The maximum absolute atomic E-state index is 12.4. The highest BCUT2D eigenvalue weighted by Crippen LogP contribution is 2.16. The minimum atomic E-state index is -0.0635. The summed E-state index contributed by atoms with van der Waals surface area (Å²) in [5.74, 6) is -0.0635. The van der Waals surface area contributed by atoms with Crippen LogP contribution in [0.3, 0.4) is 0 Å². The first kappa shape index (κ1) is 17.4. The van der Waals surface area contributed by atoms with Crippen molar-refractivity contribution in [3.05, 3.63) is 63.5 Å². The monoisotopic (exact) mass is 366 g/mol. The van der Waals surface area contributed by atoms with Gasteiger partial charge in [-0.3, -0.25) is 23.6 Å². The van der Waals surface area contributed by atoms with Gasteiger partial charge in [0.2, 0.25) is 5.91 Å². The lowest BCUT2D eigenvalue weighted by Crippen LogP contribution is -2.34. The first-order valence-corrected chi connectivity index (χ1v) is 8.99. The Morgan fingerprint density at radius 2 is 2.07 bits per heavy atom. The number of pyridine rings is 1. The van der Waals surface area contributed by atoms with Gasteiger partial charge in [-0.1, -0.05) is 6.07 Å². The SMILES string of the molecule is CC(=O)NCc1cc2n(n1)CCN(Cc1cc(=O)n3cc(C)ccc3n1)C2. The molecule has 8 nitrogen and oxygen atoms in total. The maximum Gasteiger partial charge on any atom is 0.258 e. The molecule has 0 spiro atoms. The summed E-state index contributed by atoms with van der Waals surface area (Å²) >= 11 is 0. The zero-order valence-corrected chi connectivity index (χ0v) is 15.5. The molecule has 0 unspecified atom stereocenters. The third kappa shape index (κ3) is 3.75. The maximum atomic E-state index is 12.4. The molecule has 0 bridgehead atoms. The van der Waals surface area contributed by atoms with Crippen LogP contribution in [0.1, 0.15) is 29.6 Å². The van der Waals surface area contributed by atoms with Gasteiger partial charge in [-0.2, -0.15) is 5.10 Å². The fraction of sp³-hybridized carbons (Fsp3) is 0.368.